The summed E-state index contributed by atoms with van der Waals surface area (Å²) in [6.07, 6.45) is 0. The van der Waals surface area contributed by atoms with Crippen LogP contribution in [0.5, 0.6) is 5.88 Å². The van der Waals surface area contributed by atoms with Crippen LogP contribution < -0.4 is 5.69 Å². The third-order valence-corrected chi connectivity index (χ3v) is 2.91. The van der Waals surface area contributed by atoms with E-state index in [0.717, 1.165) is 4.57 Å². The van der Waals surface area contributed by atoms with Crippen LogP contribution in [0.25, 0.3) is 0 Å². The first-order valence-electron chi connectivity index (χ1n) is 5.30. The van der Waals surface area contributed by atoms with Gasteiger partial charge in [0, 0.05) is 12.6 Å². The van der Waals surface area contributed by atoms with Crippen molar-refractivity contribution in [2.45, 2.75) is 0 Å². The third-order valence-electron chi connectivity index (χ3n) is 2.91. The minimum atomic E-state index is -0.492. The molecule has 1 aliphatic rings. The predicted molar refractivity (Wildman–Crippen MR) is 64.7 cm³/mol. The van der Waals surface area contributed by atoms with Gasteiger partial charge in [-0.15, -0.1) is 0 Å². The first kappa shape index (κ1) is 10.5. The Balaban J connectivity index is 2.23. The number of hydrogen-bond acceptors (Lipinski definition) is 4. The van der Waals surface area contributed by atoms with Gasteiger partial charge in [-0.3, -0.25) is 14.3 Å². The van der Waals surface area contributed by atoms with Gasteiger partial charge in [0.1, 0.15) is 11.4 Å². The number of carbonyl (C=O) groups excluding carboxylic acids is 1. The van der Waals surface area contributed by atoms with Crippen LogP contribution in [0.1, 0.15) is 16.1 Å². The van der Waals surface area contributed by atoms with Crippen molar-refractivity contribution in [3.8, 4) is 5.88 Å². The van der Waals surface area contributed by atoms with Gasteiger partial charge in [-0.25, -0.2) is 9.79 Å². The summed E-state index contributed by atoms with van der Waals surface area (Å²) >= 11 is 0. The zero-order valence-electron chi connectivity index (χ0n) is 9.47. The first-order chi connectivity index (χ1) is 8.59. The lowest BCUT2D eigenvalue weighted by atomic mass is 10.1. The molecule has 1 aliphatic heterocycles. The van der Waals surface area contributed by atoms with E-state index in [1.807, 2.05) is 0 Å². The maximum atomic E-state index is 12.1. The Morgan fingerprint density at radius 2 is 2.00 bits per heavy atom. The number of rotatable bonds is 1. The number of aliphatic imine (C=N–C) groups is 1. The van der Waals surface area contributed by atoms with Gasteiger partial charge in [-0.2, -0.15) is 0 Å². The highest BCUT2D eigenvalue weighted by Gasteiger charge is 2.30. The number of hydrogen-bond donors (Lipinski definition) is 2. The molecule has 2 heterocycles. The average molecular weight is 243 g/mol. The zero-order chi connectivity index (χ0) is 12.9. The molecule has 0 unspecified atom stereocenters. The summed E-state index contributed by atoms with van der Waals surface area (Å²) < 4.78 is 1.16. The molecule has 0 bridgehead atoms. The highest BCUT2D eigenvalue weighted by atomic mass is 16.3. The van der Waals surface area contributed by atoms with E-state index in [9.17, 15) is 14.7 Å². The van der Waals surface area contributed by atoms with E-state index in [4.69, 9.17) is 0 Å². The van der Waals surface area contributed by atoms with E-state index in [0.29, 0.717) is 11.3 Å². The van der Waals surface area contributed by atoms with Crippen molar-refractivity contribution in [1.82, 2.24) is 9.55 Å². The van der Waals surface area contributed by atoms with Crippen LogP contribution in [0.15, 0.2) is 34.1 Å². The standard InChI is InChI=1S/C12H9N3O3/c1-15-9(11(17)14-12(15)18)8-10(16)6-4-2-3-5-7(6)13-8/h2-5,17H,1H3,(H,14,18). The lowest BCUT2D eigenvalue weighted by Gasteiger charge is -1.99. The van der Waals surface area contributed by atoms with Crippen LogP contribution in [0, 0.1) is 0 Å². The molecular weight excluding hydrogens is 234 g/mol. The molecule has 3 rings (SSSR count). The summed E-state index contributed by atoms with van der Waals surface area (Å²) in [6, 6.07) is 6.89. The number of nitrogens with zero attached hydrogens (tertiary/aromatic N) is 2. The summed E-state index contributed by atoms with van der Waals surface area (Å²) in [6.45, 7) is 0. The molecule has 0 saturated heterocycles. The van der Waals surface area contributed by atoms with Crippen LogP contribution in [0.3, 0.4) is 0 Å². The fraction of sp³-hybridized carbons (Fsp3) is 0.0833. The van der Waals surface area contributed by atoms with Gasteiger partial charge in [0.05, 0.1) is 5.69 Å². The van der Waals surface area contributed by atoms with Crippen LogP contribution >= 0.6 is 0 Å². The quantitative estimate of drug-likeness (QED) is 0.774. The molecule has 0 amide bonds. The number of ketones is 1. The van der Waals surface area contributed by atoms with E-state index < -0.39 is 5.69 Å². The number of H-pyrrole nitrogens is 1. The molecule has 1 aromatic carbocycles. The third kappa shape index (κ3) is 1.26. The maximum absolute atomic E-state index is 12.1. The van der Waals surface area contributed by atoms with Crippen LogP contribution in [0.2, 0.25) is 0 Å². The summed E-state index contributed by atoms with van der Waals surface area (Å²) in [5.41, 5.74) is 0.718. The predicted octanol–water partition coefficient (Wildman–Crippen LogP) is 0.736. The molecule has 6 nitrogen and oxygen atoms in total. The van der Waals surface area contributed by atoms with Crippen LogP contribution in [-0.2, 0) is 7.05 Å². The minimum Gasteiger partial charge on any atom is -0.493 e. The number of para-hydroxylation sites is 1. The van der Waals surface area contributed by atoms with E-state index in [-0.39, 0.29) is 23.1 Å². The fourth-order valence-corrected chi connectivity index (χ4v) is 2.00. The van der Waals surface area contributed by atoms with Gasteiger partial charge < -0.3 is 5.11 Å². The van der Waals surface area contributed by atoms with E-state index in [1.165, 1.54) is 7.05 Å². The molecule has 1 aromatic heterocycles. The monoisotopic (exact) mass is 243 g/mol. The zero-order valence-corrected chi connectivity index (χ0v) is 9.47. The molecule has 0 radical (unpaired) electrons. The topological polar surface area (TPSA) is 87.4 Å². The Hall–Kier alpha value is -2.63. The number of imidazole rings is 1. The molecule has 2 aromatic rings. The molecule has 0 saturated carbocycles. The molecule has 0 spiro atoms. The number of aromatic nitrogens is 2. The highest BCUT2D eigenvalue weighted by molar-refractivity contribution is 6.54. The number of fused-ring (bicyclic) bond motifs is 1. The number of aromatic amines is 1. The molecule has 6 heteroatoms. The van der Waals surface area contributed by atoms with E-state index >= 15 is 0 Å². The Morgan fingerprint density at radius 3 is 2.61 bits per heavy atom. The number of nitrogens with one attached hydrogen (secondary N) is 1. The number of carbonyl (C=O) groups is 1. The Bertz CT molecular complexity index is 752. The second kappa shape index (κ2) is 3.43. The highest BCUT2D eigenvalue weighted by Crippen LogP contribution is 2.29. The average Bonchev–Trinajstić information content (AvgIpc) is 2.79. The Kier molecular flexibility index (Phi) is 2.00. The van der Waals surface area contributed by atoms with E-state index in [2.05, 4.69) is 9.98 Å². The fourth-order valence-electron chi connectivity index (χ4n) is 2.00. The van der Waals surface area contributed by atoms with Gasteiger partial charge in [0.15, 0.2) is 0 Å². The summed E-state index contributed by atoms with van der Waals surface area (Å²) in [4.78, 5) is 29.9. The van der Waals surface area contributed by atoms with E-state index in [1.54, 1.807) is 24.3 Å². The lowest BCUT2D eigenvalue weighted by Crippen LogP contribution is -2.20. The molecule has 2 N–H and O–H groups in total. The Labute approximate surface area is 101 Å². The van der Waals surface area contributed by atoms with Crippen LogP contribution in [0.4, 0.5) is 5.69 Å². The molecule has 0 atom stereocenters. The maximum Gasteiger partial charge on any atom is 0.328 e. The minimum absolute atomic E-state index is 0.0783. The van der Waals surface area contributed by atoms with Crippen molar-refractivity contribution < 1.29 is 9.90 Å². The van der Waals surface area contributed by atoms with Crippen molar-refractivity contribution in [3.05, 3.63) is 46.0 Å². The van der Waals surface area contributed by atoms with Gasteiger partial charge in [-0.05, 0) is 12.1 Å². The van der Waals surface area contributed by atoms with Crippen LogP contribution in [-0.4, -0.2) is 26.2 Å². The first-order valence-corrected chi connectivity index (χ1v) is 5.30. The normalized spacial score (nSPS) is 13.6. The summed E-state index contributed by atoms with van der Waals surface area (Å²) in [7, 11) is 1.46. The second-order valence-electron chi connectivity index (χ2n) is 3.99. The summed E-state index contributed by atoms with van der Waals surface area (Å²) in [5, 5.41) is 9.66. The largest absolute Gasteiger partial charge is 0.493 e. The lowest BCUT2D eigenvalue weighted by molar-refractivity contribution is 0.106. The molecule has 0 aliphatic carbocycles. The second-order valence-corrected chi connectivity index (χ2v) is 3.99. The molecule has 0 fully saturated rings. The smallest absolute Gasteiger partial charge is 0.328 e. The van der Waals surface area contributed by atoms with Gasteiger partial charge in [-0.1, -0.05) is 12.1 Å². The van der Waals surface area contributed by atoms with Crippen molar-refractivity contribution >= 4 is 17.2 Å². The number of benzene rings is 1. The summed E-state index contributed by atoms with van der Waals surface area (Å²) in [5.74, 6) is -0.641. The molecule has 90 valence electrons. The van der Waals surface area contributed by atoms with Gasteiger partial charge in [0.25, 0.3) is 0 Å². The van der Waals surface area contributed by atoms with Crippen molar-refractivity contribution in [2.75, 3.05) is 0 Å². The van der Waals surface area contributed by atoms with Gasteiger partial charge >= 0.3 is 5.69 Å². The van der Waals surface area contributed by atoms with Crippen molar-refractivity contribution in [2.24, 2.45) is 12.0 Å². The SMILES string of the molecule is Cn1c(C2=Nc3ccccc3C2=O)c(O)[nH]c1=O. The number of Topliss-reactive ketones (excluding diaryl/α,β-unsaturated/α-hetero) is 1. The Morgan fingerprint density at radius 1 is 1.28 bits per heavy atom. The van der Waals surface area contributed by atoms with Gasteiger partial charge in [0.2, 0.25) is 11.7 Å². The van der Waals surface area contributed by atoms with Crippen molar-refractivity contribution in [1.29, 1.82) is 0 Å². The molecular formula is C12H9N3O3. The number of aromatic hydroxyl groups is 1. The molecule has 18 heavy (non-hydrogen) atoms. The van der Waals surface area contributed by atoms with Crippen molar-refractivity contribution in [3.63, 3.8) is 0 Å².